The lowest BCUT2D eigenvalue weighted by Gasteiger charge is -2.22. The van der Waals surface area contributed by atoms with Gasteiger partial charge < -0.3 is 13.7 Å². The normalized spacial score (nSPS) is 14.9. The van der Waals surface area contributed by atoms with Gasteiger partial charge in [-0.25, -0.2) is 4.98 Å². The topological polar surface area (TPSA) is 43.4 Å². The maximum atomic E-state index is 6.31. The molecule has 170 valence electrons. The largest absolute Gasteiger partial charge is 0.495 e. The highest BCUT2D eigenvalue weighted by molar-refractivity contribution is 5.97. The van der Waals surface area contributed by atoms with Crippen LogP contribution in [0.5, 0.6) is 5.75 Å². The molecule has 1 fully saturated rings. The van der Waals surface area contributed by atoms with Gasteiger partial charge in [-0.05, 0) is 44.8 Å². The maximum absolute atomic E-state index is 6.31. The number of halogens is 1. The van der Waals surface area contributed by atoms with E-state index in [0.717, 1.165) is 71.7 Å². The number of hydrogen-bond acceptors (Lipinski definition) is 4. The van der Waals surface area contributed by atoms with Crippen molar-refractivity contribution in [2.45, 2.75) is 66.0 Å². The van der Waals surface area contributed by atoms with E-state index >= 15 is 0 Å². The number of para-hydroxylation sites is 1. The predicted octanol–water partition coefficient (Wildman–Crippen LogP) is 6.46. The average Bonchev–Trinajstić information content (AvgIpc) is 3.33. The molecule has 3 aromatic rings. The van der Waals surface area contributed by atoms with Crippen LogP contribution in [0.3, 0.4) is 0 Å². The van der Waals surface area contributed by atoms with Crippen LogP contribution < -0.4 is 4.74 Å². The molecule has 31 heavy (non-hydrogen) atoms. The fourth-order valence-corrected chi connectivity index (χ4v) is 4.79. The fourth-order valence-electron chi connectivity index (χ4n) is 4.79. The first-order valence-corrected chi connectivity index (χ1v) is 11.5. The molecule has 1 saturated carbocycles. The minimum atomic E-state index is 0. The predicted molar refractivity (Wildman–Crippen MR) is 129 cm³/mol. The number of rotatable bonds is 8. The van der Waals surface area contributed by atoms with Gasteiger partial charge in [0.1, 0.15) is 11.5 Å². The Morgan fingerprint density at radius 2 is 1.90 bits per heavy atom. The smallest absolute Gasteiger partial charge is 0.228 e. The van der Waals surface area contributed by atoms with Crippen LogP contribution in [-0.2, 0) is 13.1 Å². The van der Waals surface area contributed by atoms with Crippen LogP contribution in [0.4, 0.5) is 0 Å². The molecule has 0 aliphatic heterocycles. The van der Waals surface area contributed by atoms with Crippen molar-refractivity contribution in [1.82, 2.24) is 14.5 Å². The van der Waals surface area contributed by atoms with Crippen LogP contribution in [-0.4, -0.2) is 34.7 Å². The molecule has 0 atom stereocenters. The second-order valence-corrected chi connectivity index (χ2v) is 8.54. The summed E-state index contributed by atoms with van der Waals surface area (Å²) in [6.45, 7) is 10.3. The van der Waals surface area contributed by atoms with E-state index in [4.69, 9.17) is 14.1 Å². The van der Waals surface area contributed by atoms with E-state index in [1.807, 2.05) is 6.92 Å². The first-order valence-electron chi connectivity index (χ1n) is 11.5. The van der Waals surface area contributed by atoms with Gasteiger partial charge in [0, 0.05) is 18.1 Å². The lowest BCUT2D eigenvalue weighted by Crippen LogP contribution is -2.22. The minimum Gasteiger partial charge on any atom is -0.495 e. The summed E-state index contributed by atoms with van der Waals surface area (Å²) in [5.74, 6) is 3.33. The van der Waals surface area contributed by atoms with Gasteiger partial charge in [0.2, 0.25) is 5.89 Å². The summed E-state index contributed by atoms with van der Waals surface area (Å²) < 4.78 is 14.4. The Labute approximate surface area is 192 Å². The minimum absolute atomic E-state index is 0. The zero-order valence-corrected chi connectivity index (χ0v) is 20.1. The van der Waals surface area contributed by atoms with Gasteiger partial charge in [0.05, 0.1) is 30.4 Å². The van der Waals surface area contributed by atoms with Crippen molar-refractivity contribution in [2.24, 2.45) is 5.92 Å². The third kappa shape index (κ3) is 4.93. The summed E-state index contributed by atoms with van der Waals surface area (Å²) in [5.41, 5.74) is 3.20. The molecule has 5 nitrogen and oxygen atoms in total. The Morgan fingerprint density at radius 3 is 2.58 bits per heavy atom. The molecule has 6 heteroatoms. The molecule has 0 N–H and O–H groups in total. The van der Waals surface area contributed by atoms with Gasteiger partial charge >= 0.3 is 0 Å². The van der Waals surface area contributed by atoms with E-state index in [1.54, 1.807) is 7.11 Å². The van der Waals surface area contributed by atoms with Crippen LogP contribution >= 0.6 is 12.4 Å². The Hall–Kier alpha value is -1.98. The Morgan fingerprint density at radius 1 is 1.16 bits per heavy atom. The summed E-state index contributed by atoms with van der Waals surface area (Å²) in [5, 5.41) is 1.15. The van der Waals surface area contributed by atoms with Crippen molar-refractivity contribution < 1.29 is 9.15 Å². The van der Waals surface area contributed by atoms with E-state index < -0.39 is 0 Å². The highest BCUT2D eigenvalue weighted by Crippen LogP contribution is 2.37. The summed E-state index contributed by atoms with van der Waals surface area (Å²) in [6.07, 6.45) is 8.94. The molecule has 0 bridgehead atoms. The lowest BCUT2D eigenvalue weighted by atomic mass is 9.89. The van der Waals surface area contributed by atoms with Crippen molar-refractivity contribution >= 4 is 23.3 Å². The average molecular weight is 446 g/mol. The lowest BCUT2D eigenvalue weighted by molar-refractivity contribution is 0.269. The number of methoxy groups -OCH3 is 1. The molecule has 0 radical (unpaired) electrons. The van der Waals surface area contributed by atoms with Crippen LogP contribution in [0.15, 0.2) is 28.8 Å². The van der Waals surface area contributed by atoms with Crippen molar-refractivity contribution in [3.63, 3.8) is 0 Å². The summed E-state index contributed by atoms with van der Waals surface area (Å²) in [4.78, 5) is 7.17. The standard InChI is InChI=1S/C25H35N3O2.ClH/c1-5-27(6-2)17-23-18(3)26-25(30-23)21-16-28(15-19-11-8-7-9-12-19)24-20(21)13-10-14-22(24)29-4;/h10,13-14,16,19H,5-9,11-12,15,17H2,1-4H3;1H. The number of oxazole rings is 1. The first-order chi connectivity index (χ1) is 14.6. The van der Waals surface area contributed by atoms with Gasteiger partial charge in [-0.1, -0.05) is 45.2 Å². The van der Waals surface area contributed by atoms with E-state index in [-0.39, 0.29) is 12.4 Å². The van der Waals surface area contributed by atoms with Crippen molar-refractivity contribution in [1.29, 1.82) is 0 Å². The zero-order valence-electron chi connectivity index (χ0n) is 19.3. The molecule has 2 aromatic heterocycles. The van der Waals surface area contributed by atoms with E-state index in [9.17, 15) is 0 Å². The number of hydrogen-bond donors (Lipinski definition) is 0. The van der Waals surface area contributed by atoms with Gasteiger partial charge in [0.25, 0.3) is 0 Å². The van der Waals surface area contributed by atoms with Gasteiger partial charge in [0.15, 0.2) is 0 Å². The van der Waals surface area contributed by atoms with E-state index in [1.165, 1.54) is 32.1 Å². The van der Waals surface area contributed by atoms with Crippen molar-refractivity contribution in [3.8, 4) is 17.2 Å². The maximum Gasteiger partial charge on any atom is 0.228 e. The molecule has 4 rings (SSSR count). The third-order valence-corrected chi connectivity index (χ3v) is 6.65. The van der Waals surface area contributed by atoms with Crippen LogP contribution in [0.1, 0.15) is 57.4 Å². The van der Waals surface area contributed by atoms with Gasteiger partial charge in [-0.3, -0.25) is 4.90 Å². The summed E-state index contributed by atoms with van der Waals surface area (Å²) in [6, 6.07) is 6.27. The SMILES string of the molecule is CCN(CC)Cc1oc(-c2cn(CC3CCCCC3)c3c(OC)cccc23)nc1C.Cl. The number of aromatic nitrogens is 2. The molecule has 0 unspecified atom stereocenters. The number of nitrogens with zero attached hydrogens (tertiary/aromatic N) is 3. The first kappa shape index (κ1) is 23.7. The fraction of sp³-hybridized carbons (Fsp3) is 0.560. The number of fused-ring (bicyclic) bond motifs is 1. The monoisotopic (exact) mass is 445 g/mol. The van der Waals surface area contributed by atoms with Crippen molar-refractivity contribution in [3.05, 3.63) is 35.9 Å². The molecule has 1 aliphatic rings. The number of ether oxygens (including phenoxy) is 1. The van der Waals surface area contributed by atoms with Gasteiger partial charge in [-0.2, -0.15) is 0 Å². The summed E-state index contributed by atoms with van der Waals surface area (Å²) >= 11 is 0. The number of benzene rings is 1. The van der Waals surface area contributed by atoms with E-state index in [0.29, 0.717) is 0 Å². The highest BCUT2D eigenvalue weighted by atomic mass is 35.5. The highest BCUT2D eigenvalue weighted by Gasteiger charge is 2.22. The molecule has 0 spiro atoms. The Kier molecular flexibility index (Phi) is 8.06. The van der Waals surface area contributed by atoms with E-state index in [2.05, 4.69) is 47.7 Å². The van der Waals surface area contributed by atoms with Crippen LogP contribution in [0.25, 0.3) is 22.4 Å². The zero-order chi connectivity index (χ0) is 21.1. The second-order valence-electron chi connectivity index (χ2n) is 8.54. The Balaban J connectivity index is 0.00000272. The molecule has 1 aromatic carbocycles. The summed E-state index contributed by atoms with van der Waals surface area (Å²) in [7, 11) is 1.75. The third-order valence-electron chi connectivity index (χ3n) is 6.65. The van der Waals surface area contributed by atoms with Gasteiger partial charge in [-0.15, -0.1) is 12.4 Å². The second kappa shape index (κ2) is 10.6. The molecule has 1 aliphatic carbocycles. The molecule has 2 heterocycles. The van der Waals surface area contributed by atoms with Crippen LogP contribution in [0, 0.1) is 12.8 Å². The Bertz CT molecular complexity index is 984. The molecular weight excluding hydrogens is 410 g/mol. The molecule has 0 saturated heterocycles. The quantitative estimate of drug-likeness (QED) is 0.399. The van der Waals surface area contributed by atoms with Crippen molar-refractivity contribution in [2.75, 3.05) is 20.2 Å². The molecule has 0 amide bonds. The number of aryl methyl sites for hydroxylation is 1. The molecular formula is C25H36ClN3O2. The van der Waals surface area contributed by atoms with Crippen LogP contribution in [0.2, 0.25) is 0 Å².